The number of hydrogen-bond donors (Lipinski definition) is 2. The molecule has 1 aliphatic heterocycles. The molecular formula is C25H25ClN6O3. The normalized spacial score (nSPS) is 21.5. The number of nitrogens with zero attached hydrogens (tertiary/aromatic N) is 5. The second kappa shape index (κ2) is 8.95. The summed E-state index contributed by atoms with van der Waals surface area (Å²) in [5, 5.41) is 22.7. The second-order valence-corrected chi connectivity index (χ2v) is 9.67. The van der Waals surface area contributed by atoms with Crippen LogP contribution in [0.5, 0.6) is 0 Å². The number of hydrogen-bond acceptors (Lipinski definition) is 8. The predicted octanol–water partition coefficient (Wildman–Crippen LogP) is 4.06. The number of fused-ring (bicyclic) bond motifs is 2. The van der Waals surface area contributed by atoms with Gasteiger partial charge in [-0.15, -0.1) is 0 Å². The van der Waals surface area contributed by atoms with Gasteiger partial charge in [0.15, 0.2) is 17.2 Å². The van der Waals surface area contributed by atoms with Crippen LogP contribution in [0.3, 0.4) is 0 Å². The third-order valence-electron chi connectivity index (χ3n) is 6.96. The largest absolute Gasteiger partial charge is 0.476 e. The Kier molecular flexibility index (Phi) is 5.95. The number of carboxylic acid groups (broad SMARTS) is 1. The number of anilines is 2. The number of ether oxygens (including phenoxy) is 1. The Balaban J connectivity index is 1.51. The van der Waals surface area contributed by atoms with E-state index in [1.807, 2.05) is 26.0 Å². The zero-order valence-corrected chi connectivity index (χ0v) is 20.4. The van der Waals surface area contributed by atoms with Crippen LogP contribution in [0.2, 0.25) is 5.15 Å². The molecule has 0 radical (unpaired) electrons. The lowest BCUT2D eigenvalue weighted by atomic mass is 10.0. The van der Waals surface area contributed by atoms with Crippen LogP contribution >= 0.6 is 11.6 Å². The fraction of sp³-hybridized carbons (Fsp3) is 0.400. The van der Waals surface area contributed by atoms with Gasteiger partial charge in [-0.3, -0.25) is 0 Å². The summed E-state index contributed by atoms with van der Waals surface area (Å²) in [4.78, 5) is 27.4. The third kappa shape index (κ3) is 4.24. The fourth-order valence-electron chi connectivity index (χ4n) is 5.24. The van der Waals surface area contributed by atoms with Gasteiger partial charge in [0.1, 0.15) is 11.2 Å². The number of halogens is 1. The molecule has 1 saturated heterocycles. The van der Waals surface area contributed by atoms with E-state index in [0.29, 0.717) is 46.0 Å². The first-order chi connectivity index (χ1) is 16.8. The van der Waals surface area contributed by atoms with Gasteiger partial charge in [-0.1, -0.05) is 17.7 Å². The van der Waals surface area contributed by atoms with Gasteiger partial charge in [-0.2, -0.15) is 5.26 Å². The topological polar surface area (TPSA) is 124 Å². The minimum atomic E-state index is -1.17. The summed E-state index contributed by atoms with van der Waals surface area (Å²) in [6, 6.07) is 8.97. The standard InChI is InChI=1S/C25H25ClN6O3/c1-12-6-14(13(2)28-18-4-5-21(26)30-23(18)25(33)34)22-19(7-12)29-20(8-27)24(31-22)32-9-15-16(10-32)17(15)11-35-3/h4-7,13,15-17,28H,9-11H2,1-3H3,(H,33,34)/t13-,15-,16+,17?/m1/s1. The van der Waals surface area contributed by atoms with Crippen molar-refractivity contribution < 1.29 is 14.6 Å². The van der Waals surface area contributed by atoms with E-state index in [4.69, 9.17) is 21.3 Å². The first-order valence-electron chi connectivity index (χ1n) is 11.4. The number of piperidine rings is 1. The molecule has 1 aromatic carbocycles. The Hall–Kier alpha value is -3.48. The lowest BCUT2D eigenvalue weighted by Gasteiger charge is -2.23. The molecular weight excluding hydrogens is 468 g/mol. The van der Waals surface area contributed by atoms with Crippen LogP contribution in [-0.4, -0.2) is 52.8 Å². The summed E-state index contributed by atoms with van der Waals surface area (Å²) in [5.74, 6) is 1.12. The van der Waals surface area contributed by atoms with Crippen molar-refractivity contribution in [1.82, 2.24) is 15.0 Å². The van der Waals surface area contributed by atoms with Crippen LogP contribution in [0.15, 0.2) is 24.3 Å². The number of carboxylic acids is 1. The van der Waals surface area contributed by atoms with Gasteiger partial charge >= 0.3 is 5.97 Å². The molecule has 10 heteroatoms. The molecule has 3 aromatic rings. The molecule has 0 spiro atoms. The lowest BCUT2D eigenvalue weighted by molar-refractivity contribution is 0.0691. The maximum Gasteiger partial charge on any atom is 0.356 e. The van der Waals surface area contributed by atoms with Crippen LogP contribution < -0.4 is 10.2 Å². The van der Waals surface area contributed by atoms with Crippen molar-refractivity contribution in [3.8, 4) is 6.07 Å². The highest BCUT2D eigenvalue weighted by molar-refractivity contribution is 6.29. The van der Waals surface area contributed by atoms with Crippen molar-refractivity contribution in [3.05, 3.63) is 51.9 Å². The maximum atomic E-state index is 11.7. The predicted molar refractivity (Wildman–Crippen MR) is 132 cm³/mol. The fourth-order valence-corrected chi connectivity index (χ4v) is 5.38. The smallest absolute Gasteiger partial charge is 0.356 e. The van der Waals surface area contributed by atoms with Gasteiger partial charge in [0.25, 0.3) is 0 Å². The highest BCUT2D eigenvalue weighted by Gasteiger charge is 2.56. The van der Waals surface area contributed by atoms with Gasteiger partial charge in [-0.25, -0.2) is 19.7 Å². The average Bonchev–Trinajstić information content (AvgIpc) is 3.26. The number of rotatable bonds is 7. The van der Waals surface area contributed by atoms with Crippen molar-refractivity contribution >= 4 is 40.1 Å². The van der Waals surface area contributed by atoms with E-state index in [2.05, 4.69) is 26.3 Å². The number of nitriles is 1. The Morgan fingerprint density at radius 2 is 2.06 bits per heavy atom. The van der Waals surface area contributed by atoms with E-state index in [-0.39, 0.29) is 16.9 Å². The monoisotopic (exact) mass is 492 g/mol. The summed E-state index contributed by atoms with van der Waals surface area (Å²) in [6.07, 6.45) is 0. The molecule has 3 heterocycles. The van der Waals surface area contributed by atoms with E-state index >= 15 is 0 Å². The molecule has 1 unspecified atom stereocenters. The highest BCUT2D eigenvalue weighted by atomic mass is 35.5. The highest BCUT2D eigenvalue weighted by Crippen LogP contribution is 2.52. The van der Waals surface area contributed by atoms with E-state index < -0.39 is 5.97 Å². The van der Waals surface area contributed by atoms with Crippen molar-refractivity contribution in [2.45, 2.75) is 19.9 Å². The zero-order chi connectivity index (χ0) is 24.9. The zero-order valence-electron chi connectivity index (χ0n) is 19.6. The van der Waals surface area contributed by atoms with Gasteiger partial charge < -0.3 is 20.1 Å². The molecule has 0 amide bonds. The molecule has 9 nitrogen and oxygen atoms in total. The molecule has 1 saturated carbocycles. The number of benzene rings is 1. The lowest BCUT2D eigenvalue weighted by Crippen LogP contribution is -2.27. The van der Waals surface area contributed by atoms with Gasteiger partial charge in [0, 0.05) is 32.4 Å². The van der Waals surface area contributed by atoms with E-state index in [9.17, 15) is 15.2 Å². The molecule has 1 aliphatic carbocycles. The van der Waals surface area contributed by atoms with Crippen LogP contribution in [-0.2, 0) is 4.74 Å². The number of aromatic nitrogens is 3. The van der Waals surface area contributed by atoms with E-state index in [1.165, 1.54) is 0 Å². The summed E-state index contributed by atoms with van der Waals surface area (Å²) in [7, 11) is 1.73. The first kappa shape index (κ1) is 23.3. The molecule has 2 N–H and O–H groups in total. The number of nitrogens with one attached hydrogen (secondary N) is 1. The molecule has 2 aliphatic rings. The Labute approximate surface area is 207 Å². The number of pyridine rings is 1. The number of aryl methyl sites for hydroxylation is 1. The summed E-state index contributed by atoms with van der Waals surface area (Å²) < 4.78 is 5.32. The van der Waals surface area contributed by atoms with Crippen LogP contribution in [0.1, 0.15) is 40.3 Å². The third-order valence-corrected chi connectivity index (χ3v) is 7.17. The minimum Gasteiger partial charge on any atom is -0.476 e. The van der Waals surface area contributed by atoms with Gasteiger partial charge in [0.05, 0.1) is 22.8 Å². The van der Waals surface area contributed by atoms with Gasteiger partial charge in [-0.05, 0) is 55.4 Å². The summed E-state index contributed by atoms with van der Waals surface area (Å²) in [6.45, 7) is 6.31. The first-order valence-corrected chi connectivity index (χ1v) is 11.8. The SMILES string of the molecule is COCC1[C@H]2CN(c3nc4c([C@@H](C)Nc5ccc(Cl)nc5C(=O)O)cc(C)cc4nc3C#N)C[C@@H]12. The molecule has 180 valence electrons. The van der Waals surface area contributed by atoms with E-state index in [1.54, 1.807) is 19.2 Å². The summed E-state index contributed by atoms with van der Waals surface area (Å²) in [5.41, 5.74) is 3.64. The second-order valence-electron chi connectivity index (χ2n) is 9.28. The number of carbonyl (C=O) groups is 1. The molecule has 0 bridgehead atoms. The van der Waals surface area contributed by atoms with Crippen molar-refractivity contribution in [3.63, 3.8) is 0 Å². The van der Waals surface area contributed by atoms with Gasteiger partial charge in [0.2, 0.25) is 0 Å². The Morgan fingerprint density at radius 1 is 1.31 bits per heavy atom. The van der Waals surface area contributed by atoms with Crippen molar-refractivity contribution in [1.29, 1.82) is 5.26 Å². The number of aromatic carboxylic acids is 1. The summed E-state index contributed by atoms with van der Waals surface area (Å²) >= 11 is 5.90. The Morgan fingerprint density at radius 3 is 2.71 bits per heavy atom. The van der Waals surface area contributed by atoms with E-state index in [0.717, 1.165) is 30.8 Å². The molecule has 2 fully saturated rings. The molecule has 4 atom stereocenters. The molecule has 2 aromatic heterocycles. The van der Waals surface area contributed by atoms with Crippen LogP contribution in [0.25, 0.3) is 11.0 Å². The minimum absolute atomic E-state index is 0.109. The molecule has 5 rings (SSSR count). The average molecular weight is 493 g/mol. The quantitative estimate of drug-likeness (QED) is 0.469. The van der Waals surface area contributed by atoms with Crippen molar-refractivity contribution in [2.24, 2.45) is 17.8 Å². The Bertz CT molecular complexity index is 1360. The maximum absolute atomic E-state index is 11.7. The molecule has 35 heavy (non-hydrogen) atoms. The van der Waals surface area contributed by atoms with Crippen LogP contribution in [0, 0.1) is 36.0 Å². The van der Waals surface area contributed by atoms with Crippen molar-refractivity contribution in [2.75, 3.05) is 37.0 Å². The van der Waals surface area contributed by atoms with Crippen LogP contribution in [0.4, 0.5) is 11.5 Å². The number of methoxy groups -OCH3 is 1.